The molecule has 7 rings (SSSR count). The highest BCUT2D eigenvalue weighted by atomic mass is 16.5. The molecule has 5 aliphatic carbocycles. The zero-order valence-corrected chi connectivity index (χ0v) is 32.9. The van der Waals surface area contributed by atoms with Gasteiger partial charge in [-0.3, -0.25) is 0 Å². The molecule has 0 spiro atoms. The van der Waals surface area contributed by atoms with Crippen molar-refractivity contribution < 1.29 is 38.9 Å². The minimum atomic E-state index is -1.14. The predicted molar refractivity (Wildman–Crippen MR) is 205 cm³/mol. The van der Waals surface area contributed by atoms with Crippen LogP contribution in [0.3, 0.4) is 0 Å². The van der Waals surface area contributed by atoms with Gasteiger partial charge in [0.05, 0.1) is 28.9 Å². The van der Waals surface area contributed by atoms with E-state index >= 15 is 0 Å². The Kier molecular flexibility index (Phi) is 9.49. The van der Waals surface area contributed by atoms with Crippen LogP contribution in [0.15, 0.2) is 60.7 Å². The van der Waals surface area contributed by atoms with Crippen LogP contribution in [-0.4, -0.2) is 46.8 Å². The summed E-state index contributed by atoms with van der Waals surface area (Å²) in [7, 11) is 0. The highest BCUT2D eigenvalue weighted by Gasteiger charge is 2.71. The Labute approximate surface area is 320 Å². The van der Waals surface area contributed by atoms with Crippen molar-refractivity contribution in [1.29, 1.82) is 0 Å². The molecule has 290 valence electrons. The third-order valence-corrected chi connectivity index (χ3v) is 16.7. The number of carboxylic acids is 2. The Morgan fingerprint density at radius 2 is 1.28 bits per heavy atom. The topological polar surface area (TPSA) is 127 Å². The van der Waals surface area contributed by atoms with Gasteiger partial charge in [-0.2, -0.15) is 0 Å². The van der Waals surface area contributed by atoms with Gasteiger partial charge >= 0.3 is 23.9 Å². The molecule has 0 saturated heterocycles. The molecule has 8 heteroatoms. The van der Waals surface area contributed by atoms with E-state index < -0.39 is 23.9 Å². The molecular formula is C46H58O8. The second-order valence-corrected chi connectivity index (χ2v) is 19.1. The number of esters is 2. The van der Waals surface area contributed by atoms with Crippen molar-refractivity contribution >= 4 is 23.9 Å². The molecule has 10 atom stereocenters. The van der Waals surface area contributed by atoms with Gasteiger partial charge in [-0.15, -0.1) is 0 Å². The van der Waals surface area contributed by atoms with Crippen LogP contribution in [0.25, 0.3) is 0 Å². The fourth-order valence-corrected chi connectivity index (χ4v) is 13.9. The first-order chi connectivity index (χ1) is 25.4. The summed E-state index contributed by atoms with van der Waals surface area (Å²) >= 11 is 0. The summed E-state index contributed by atoms with van der Waals surface area (Å²) < 4.78 is 12.4. The molecule has 8 nitrogen and oxygen atoms in total. The van der Waals surface area contributed by atoms with Gasteiger partial charge < -0.3 is 19.7 Å². The number of carbonyl (C=O) groups is 4. The van der Waals surface area contributed by atoms with E-state index in [1.165, 1.54) is 17.7 Å². The van der Waals surface area contributed by atoms with Crippen molar-refractivity contribution in [3.63, 3.8) is 0 Å². The molecular weight excluding hydrogens is 680 g/mol. The van der Waals surface area contributed by atoms with E-state index in [1.807, 2.05) is 0 Å². The first kappa shape index (κ1) is 38.3. The largest absolute Gasteiger partial charge is 0.478 e. The molecule has 0 amide bonds. The first-order valence-electron chi connectivity index (χ1n) is 20.1. The standard InChI is InChI=1S/C46H58O8/c1-27(2)28-18-23-46(26-53-40(51)31-14-10-8-12-29(31)38(47)48)25-24-44(6)33(37(28)46)16-17-35-43(5)21-20-36(42(3,4)34(43)19-22-45(35,44)7)54-41(52)32-15-11-9-13-30(32)39(49)50/h8-15,28,33-37H,1,16-26H2,2-7H3,(H,47,48)(H,49,50)/t28-,33-,34-,35-,36+,37?,43+,44+,45-,46-/m1/s1. The molecule has 2 aromatic rings. The van der Waals surface area contributed by atoms with Crippen LogP contribution >= 0.6 is 0 Å². The second kappa shape index (κ2) is 13.4. The van der Waals surface area contributed by atoms with Crippen LogP contribution in [0.4, 0.5) is 0 Å². The molecule has 0 heterocycles. The molecule has 0 aliphatic heterocycles. The van der Waals surface area contributed by atoms with E-state index in [9.17, 15) is 29.4 Å². The van der Waals surface area contributed by atoms with Gasteiger partial charge in [0.2, 0.25) is 0 Å². The number of rotatable bonds is 8. The van der Waals surface area contributed by atoms with E-state index in [0.717, 1.165) is 64.2 Å². The summed E-state index contributed by atoms with van der Waals surface area (Å²) in [6, 6.07) is 12.6. The lowest BCUT2D eigenvalue weighted by Crippen LogP contribution is -2.67. The zero-order valence-electron chi connectivity index (χ0n) is 32.9. The predicted octanol–water partition coefficient (Wildman–Crippen LogP) is 10.1. The maximum absolute atomic E-state index is 13.5. The quantitative estimate of drug-likeness (QED) is 0.202. The van der Waals surface area contributed by atoms with Crippen LogP contribution in [0, 0.1) is 56.7 Å². The molecule has 0 bridgehead atoms. The summed E-state index contributed by atoms with van der Waals surface area (Å²) in [6.07, 6.45) is 9.77. The molecule has 5 aliphatic rings. The number of hydrogen-bond donors (Lipinski definition) is 2. The Bertz CT molecular complexity index is 1880. The number of fused-ring (bicyclic) bond motifs is 7. The Morgan fingerprint density at radius 3 is 1.87 bits per heavy atom. The maximum atomic E-state index is 13.5. The zero-order chi connectivity index (χ0) is 39.0. The van der Waals surface area contributed by atoms with Gasteiger partial charge in [-0.05, 0) is 141 Å². The highest BCUT2D eigenvalue weighted by molar-refractivity contribution is 6.03. The number of carboxylic acid groups (broad SMARTS) is 2. The number of carbonyl (C=O) groups excluding carboxylic acids is 2. The number of allylic oxidation sites excluding steroid dienone is 1. The molecule has 54 heavy (non-hydrogen) atoms. The van der Waals surface area contributed by atoms with Crippen molar-refractivity contribution in [2.45, 2.75) is 112 Å². The van der Waals surface area contributed by atoms with Gasteiger partial charge in [0, 0.05) is 10.8 Å². The lowest BCUT2D eigenvalue weighted by Gasteiger charge is -2.73. The first-order valence-corrected chi connectivity index (χ1v) is 20.1. The molecule has 0 aromatic heterocycles. The summed E-state index contributed by atoms with van der Waals surface area (Å²) in [5, 5.41) is 19.5. The molecule has 0 radical (unpaired) electrons. The van der Waals surface area contributed by atoms with Crippen molar-refractivity contribution in [3.8, 4) is 0 Å². The monoisotopic (exact) mass is 738 g/mol. The van der Waals surface area contributed by atoms with Crippen molar-refractivity contribution in [1.82, 2.24) is 0 Å². The van der Waals surface area contributed by atoms with Gasteiger partial charge in [0.25, 0.3) is 0 Å². The number of benzene rings is 2. The van der Waals surface area contributed by atoms with E-state index in [4.69, 9.17) is 9.47 Å². The van der Waals surface area contributed by atoms with E-state index in [0.29, 0.717) is 36.2 Å². The molecule has 5 saturated carbocycles. The third-order valence-electron chi connectivity index (χ3n) is 16.7. The van der Waals surface area contributed by atoms with E-state index in [-0.39, 0.29) is 55.4 Å². The van der Waals surface area contributed by atoms with Crippen molar-refractivity contribution in [2.24, 2.45) is 56.7 Å². The Balaban J connectivity index is 1.14. The van der Waals surface area contributed by atoms with Crippen LogP contribution < -0.4 is 0 Å². The van der Waals surface area contributed by atoms with Gasteiger partial charge in [-0.25, -0.2) is 19.2 Å². The fourth-order valence-electron chi connectivity index (χ4n) is 13.9. The lowest BCUT2D eigenvalue weighted by atomic mass is 9.32. The average Bonchev–Trinajstić information content (AvgIpc) is 3.52. The SMILES string of the molecule is C=C(C)[C@H]1CC[C@]2(COC(=O)c3ccccc3C(=O)O)CC[C@@]3(C)[C@H](CC[C@@H]4[C@@]5(C)CC[C@H](OC(=O)c6ccccc6C(=O)O)C(C)(C)[C@H]5CC[C@]43C)C12. The highest BCUT2D eigenvalue weighted by Crippen LogP contribution is 2.77. The third kappa shape index (κ3) is 5.67. The number of aromatic carboxylic acids is 2. The van der Waals surface area contributed by atoms with Gasteiger partial charge in [0.15, 0.2) is 0 Å². The smallest absolute Gasteiger partial charge is 0.339 e. The van der Waals surface area contributed by atoms with Crippen molar-refractivity contribution in [3.05, 3.63) is 82.9 Å². The average molecular weight is 739 g/mol. The number of ether oxygens (including phenoxy) is 2. The van der Waals surface area contributed by atoms with Crippen LogP contribution in [0.1, 0.15) is 147 Å². The Hall–Kier alpha value is -3.94. The van der Waals surface area contributed by atoms with Gasteiger partial charge in [0.1, 0.15) is 6.10 Å². The summed E-state index contributed by atoms with van der Waals surface area (Å²) in [5.74, 6) is -1.43. The molecule has 1 unspecified atom stereocenters. The van der Waals surface area contributed by atoms with E-state index in [1.54, 1.807) is 36.4 Å². The van der Waals surface area contributed by atoms with Crippen LogP contribution in [0.2, 0.25) is 0 Å². The summed E-state index contributed by atoms with van der Waals surface area (Å²) in [4.78, 5) is 50.7. The minimum absolute atomic E-state index is 0.0336. The number of hydrogen-bond acceptors (Lipinski definition) is 6. The summed E-state index contributed by atoms with van der Waals surface area (Å²) in [5.41, 5.74) is 1.09. The fraction of sp³-hybridized carbons (Fsp3) is 0.609. The van der Waals surface area contributed by atoms with Crippen LogP contribution in [-0.2, 0) is 9.47 Å². The second-order valence-electron chi connectivity index (χ2n) is 19.1. The van der Waals surface area contributed by atoms with Crippen molar-refractivity contribution in [2.75, 3.05) is 6.61 Å². The normalized spacial score (nSPS) is 37.7. The Morgan fingerprint density at radius 1 is 0.685 bits per heavy atom. The van der Waals surface area contributed by atoms with Crippen LogP contribution in [0.5, 0.6) is 0 Å². The van der Waals surface area contributed by atoms with Gasteiger partial charge in [-0.1, -0.05) is 71.0 Å². The summed E-state index contributed by atoms with van der Waals surface area (Å²) in [6.45, 7) is 19.1. The van der Waals surface area contributed by atoms with E-state index in [2.05, 4.69) is 48.1 Å². The lowest BCUT2D eigenvalue weighted by molar-refractivity contribution is -0.249. The minimum Gasteiger partial charge on any atom is -0.478 e. The molecule has 2 N–H and O–H groups in total. The molecule has 5 fully saturated rings. The molecule has 2 aromatic carbocycles. The maximum Gasteiger partial charge on any atom is 0.339 e.